The molecule has 3 rings (SSSR count). The normalized spacial score (nSPS) is 15.2. The first-order valence-corrected chi connectivity index (χ1v) is 8.51. The van der Waals surface area contributed by atoms with Gasteiger partial charge in [-0.05, 0) is 30.5 Å². The smallest absolute Gasteiger partial charge is 0.167 e. The largest absolute Gasteiger partial charge is 0.494 e. The summed E-state index contributed by atoms with van der Waals surface area (Å²) in [6.07, 6.45) is 8.99. The third-order valence-corrected chi connectivity index (χ3v) is 4.74. The number of rotatable bonds is 5. The molecule has 0 radical (unpaired) electrons. The van der Waals surface area contributed by atoms with Crippen molar-refractivity contribution >= 4 is 17.2 Å². The van der Waals surface area contributed by atoms with Crippen molar-refractivity contribution in [2.75, 3.05) is 18.2 Å². The maximum Gasteiger partial charge on any atom is 0.167 e. The number of hydrogen-bond donors (Lipinski definition) is 2. The van der Waals surface area contributed by atoms with Crippen molar-refractivity contribution in [2.45, 2.75) is 38.5 Å². The second-order valence-corrected chi connectivity index (χ2v) is 6.40. The first-order valence-electron chi connectivity index (χ1n) is 8.51. The fraction of sp³-hybridized carbons (Fsp3) is 0.421. The molecule has 1 aliphatic rings. The van der Waals surface area contributed by atoms with Crippen LogP contribution in [-0.4, -0.2) is 12.1 Å². The standard InChI is InChI=1S/C19H24FN3O/c1-24-18-8-7-14(12-16(18)20)23-17-9-10-22-19(21)15(17)11-13-5-3-2-4-6-13/h7-10,12-13H,2-6,11H2,1H3,(H3,21,22,23). The molecule has 1 heterocycles. The summed E-state index contributed by atoms with van der Waals surface area (Å²) in [6.45, 7) is 0. The maximum atomic E-state index is 13.9. The van der Waals surface area contributed by atoms with Crippen LogP contribution in [0, 0.1) is 11.7 Å². The van der Waals surface area contributed by atoms with E-state index in [1.807, 2.05) is 6.07 Å². The SMILES string of the molecule is COc1ccc(Nc2ccnc(N)c2CC2CCCCC2)cc1F. The number of methoxy groups -OCH3 is 1. The van der Waals surface area contributed by atoms with Gasteiger partial charge in [0, 0.05) is 29.2 Å². The van der Waals surface area contributed by atoms with Gasteiger partial charge in [-0.2, -0.15) is 0 Å². The first kappa shape index (κ1) is 16.6. The third-order valence-electron chi connectivity index (χ3n) is 4.74. The molecule has 4 nitrogen and oxygen atoms in total. The monoisotopic (exact) mass is 329 g/mol. The minimum atomic E-state index is -0.390. The van der Waals surface area contributed by atoms with Gasteiger partial charge in [-0.25, -0.2) is 9.37 Å². The molecule has 0 unspecified atom stereocenters. The third kappa shape index (κ3) is 3.78. The lowest BCUT2D eigenvalue weighted by Gasteiger charge is -2.23. The van der Waals surface area contributed by atoms with Gasteiger partial charge in [-0.3, -0.25) is 0 Å². The Morgan fingerprint density at radius 3 is 2.75 bits per heavy atom. The molecule has 24 heavy (non-hydrogen) atoms. The van der Waals surface area contributed by atoms with Crippen molar-refractivity contribution in [3.63, 3.8) is 0 Å². The molecule has 5 heteroatoms. The van der Waals surface area contributed by atoms with Crippen LogP contribution in [0.3, 0.4) is 0 Å². The van der Waals surface area contributed by atoms with Crippen LogP contribution in [0.5, 0.6) is 5.75 Å². The molecule has 1 fully saturated rings. The van der Waals surface area contributed by atoms with Crippen molar-refractivity contribution in [3.8, 4) is 5.75 Å². The van der Waals surface area contributed by atoms with Crippen molar-refractivity contribution in [1.82, 2.24) is 4.98 Å². The molecule has 0 saturated heterocycles. The Labute approximate surface area is 142 Å². The number of anilines is 3. The Kier molecular flexibility index (Phi) is 5.18. The average molecular weight is 329 g/mol. The highest BCUT2D eigenvalue weighted by molar-refractivity contribution is 5.68. The molecule has 0 atom stereocenters. The van der Waals surface area contributed by atoms with Crippen LogP contribution < -0.4 is 15.8 Å². The molecule has 1 aliphatic carbocycles. The zero-order valence-corrected chi connectivity index (χ0v) is 14.0. The summed E-state index contributed by atoms with van der Waals surface area (Å²) in [6, 6.07) is 6.74. The van der Waals surface area contributed by atoms with Crippen molar-refractivity contribution in [2.24, 2.45) is 5.92 Å². The molecule has 0 bridgehead atoms. The van der Waals surface area contributed by atoms with E-state index in [9.17, 15) is 4.39 Å². The molecule has 128 valence electrons. The summed E-state index contributed by atoms with van der Waals surface area (Å²) in [7, 11) is 1.46. The van der Waals surface area contributed by atoms with E-state index in [-0.39, 0.29) is 5.75 Å². The van der Waals surface area contributed by atoms with E-state index >= 15 is 0 Å². The van der Waals surface area contributed by atoms with Gasteiger partial charge in [-0.15, -0.1) is 0 Å². The van der Waals surface area contributed by atoms with Crippen LogP contribution in [0.25, 0.3) is 0 Å². The van der Waals surface area contributed by atoms with Gasteiger partial charge in [0.2, 0.25) is 0 Å². The predicted molar refractivity (Wildman–Crippen MR) is 95.2 cm³/mol. The fourth-order valence-electron chi connectivity index (χ4n) is 3.42. The van der Waals surface area contributed by atoms with Crippen LogP contribution in [0.1, 0.15) is 37.7 Å². The van der Waals surface area contributed by atoms with Crippen molar-refractivity contribution in [3.05, 3.63) is 41.8 Å². The molecule has 1 aromatic carbocycles. The number of nitrogens with one attached hydrogen (secondary N) is 1. The molecular weight excluding hydrogens is 305 g/mol. The second kappa shape index (κ2) is 7.51. The van der Waals surface area contributed by atoms with Crippen LogP contribution >= 0.6 is 0 Å². The Hall–Kier alpha value is -2.30. The molecule has 0 aliphatic heterocycles. The Morgan fingerprint density at radius 2 is 2.04 bits per heavy atom. The highest BCUT2D eigenvalue weighted by atomic mass is 19.1. The number of benzene rings is 1. The van der Waals surface area contributed by atoms with E-state index in [0.29, 0.717) is 17.4 Å². The Bertz CT molecular complexity index is 699. The highest BCUT2D eigenvalue weighted by Gasteiger charge is 2.18. The van der Waals surface area contributed by atoms with Crippen LogP contribution in [0.2, 0.25) is 0 Å². The topological polar surface area (TPSA) is 60.2 Å². The van der Waals surface area contributed by atoms with Crippen LogP contribution in [0.15, 0.2) is 30.5 Å². The number of aromatic nitrogens is 1. The molecule has 1 saturated carbocycles. The van der Waals surface area contributed by atoms with Gasteiger partial charge in [0.25, 0.3) is 0 Å². The van der Waals surface area contributed by atoms with Gasteiger partial charge < -0.3 is 15.8 Å². The maximum absolute atomic E-state index is 13.9. The second-order valence-electron chi connectivity index (χ2n) is 6.40. The summed E-state index contributed by atoms with van der Waals surface area (Å²) in [5.74, 6) is 1.05. The number of hydrogen-bond acceptors (Lipinski definition) is 4. The lowest BCUT2D eigenvalue weighted by atomic mass is 9.84. The van der Waals surface area contributed by atoms with Gasteiger partial charge in [0.15, 0.2) is 11.6 Å². The van der Waals surface area contributed by atoms with Crippen molar-refractivity contribution in [1.29, 1.82) is 0 Å². The number of pyridine rings is 1. The Morgan fingerprint density at radius 1 is 1.25 bits per heavy atom. The molecule has 1 aromatic heterocycles. The fourth-order valence-corrected chi connectivity index (χ4v) is 3.42. The molecule has 3 N–H and O–H groups in total. The zero-order valence-electron chi connectivity index (χ0n) is 14.0. The van der Waals surface area contributed by atoms with Crippen LogP contribution in [-0.2, 0) is 6.42 Å². The van der Waals surface area contributed by atoms with E-state index < -0.39 is 5.82 Å². The van der Waals surface area contributed by atoms with E-state index in [2.05, 4.69) is 10.3 Å². The minimum Gasteiger partial charge on any atom is -0.494 e. The van der Waals surface area contributed by atoms with E-state index in [1.54, 1.807) is 18.3 Å². The van der Waals surface area contributed by atoms with Gasteiger partial charge in [-0.1, -0.05) is 32.1 Å². The zero-order chi connectivity index (χ0) is 16.9. The van der Waals surface area contributed by atoms with Crippen molar-refractivity contribution < 1.29 is 9.13 Å². The van der Waals surface area contributed by atoms with Gasteiger partial charge >= 0.3 is 0 Å². The highest BCUT2D eigenvalue weighted by Crippen LogP contribution is 2.33. The first-order chi connectivity index (χ1) is 11.7. The van der Waals surface area contributed by atoms with E-state index in [0.717, 1.165) is 17.7 Å². The van der Waals surface area contributed by atoms with E-state index in [1.165, 1.54) is 45.3 Å². The van der Waals surface area contributed by atoms with E-state index in [4.69, 9.17) is 10.5 Å². The molecular formula is C19H24FN3O. The lowest BCUT2D eigenvalue weighted by Crippen LogP contribution is -2.12. The summed E-state index contributed by atoms with van der Waals surface area (Å²) < 4.78 is 18.9. The molecule has 0 spiro atoms. The number of nitrogens with two attached hydrogens (primary N) is 1. The summed E-state index contributed by atoms with van der Waals surface area (Å²) in [4.78, 5) is 4.24. The molecule has 2 aromatic rings. The number of halogens is 1. The number of nitrogen functional groups attached to an aromatic ring is 1. The summed E-state index contributed by atoms with van der Waals surface area (Å²) in [5, 5.41) is 3.28. The number of ether oxygens (including phenoxy) is 1. The predicted octanol–water partition coefficient (Wildman–Crippen LogP) is 4.68. The quantitative estimate of drug-likeness (QED) is 0.836. The minimum absolute atomic E-state index is 0.234. The van der Waals surface area contributed by atoms with Gasteiger partial charge in [0.05, 0.1) is 7.11 Å². The average Bonchev–Trinajstić information content (AvgIpc) is 2.59. The van der Waals surface area contributed by atoms with Gasteiger partial charge in [0.1, 0.15) is 5.82 Å². The summed E-state index contributed by atoms with van der Waals surface area (Å²) >= 11 is 0. The number of nitrogens with zero attached hydrogens (tertiary/aromatic N) is 1. The lowest BCUT2D eigenvalue weighted by molar-refractivity contribution is 0.357. The van der Waals surface area contributed by atoms with Crippen LogP contribution in [0.4, 0.5) is 21.6 Å². The summed E-state index contributed by atoms with van der Waals surface area (Å²) in [5.41, 5.74) is 8.72. The molecule has 0 amide bonds. The Balaban J connectivity index is 1.82.